The minimum Gasteiger partial charge on any atom is -0.392 e. The Morgan fingerprint density at radius 2 is 2.17 bits per heavy atom. The highest BCUT2D eigenvalue weighted by Gasteiger charge is 2.35. The summed E-state index contributed by atoms with van der Waals surface area (Å²) in [7, 11) is 0. The molecule has 1 aliphatic rings. The number of rotatable bonds is 0. The summed E-state index contributed by atoms with van der Waals surface area (Å²) in [5, 5.41) is 9.60. The van der Waals surface area contributed by atoms with Crippen LogP contribution in [0.4, 0.5) is 0 Å². The van der Waals surface area contributed by atoms with Gasteiger partial charge >= 0.3 is 0 Å². The predicted octanol–water partition coefficient (Wildman–Crippen LogP) is 0.626. The molecule has 70 valence electrons. The molecule has 0 saturated carbocycles. The second-order valence-corrected chi connectivity index (χ2v) is 4.23. The van der Waals surface area contributed by atoms with Gasteiger partial charge in [-0.1, -0.05) is 13.8 Å². The molecule has 3 nitrogen and oxygen atoms in total. The Labute approximate surface area is 73.4 Å². The lowest BCUT2D eigenvalue weighted by Gasteiger charge is -2.41. The van der Waals surface area contributed by atoms with Crippen LogP contribution >= 0.6 is 0 Å². The SMILES string of the molecule is CC(=O)N1CCC(O)C(C)(C)C1. The Morgan fingerprint density at radius 3 is 2.58 bits per heavy atom. The van der Waals surface area contributed by atoms with Gasteiger partial charge in [-0.3, -0.25) is 4.79 Å². The number of likely N-dealkylation sites (tertiary alicyclic amines) is 1. The summed E-state index contributed by atoms with van der Waals surface area (Å²) in [5.41, 5.74) is -0.149. The summed E-state index contributed by atoms with van der Waals surface area (Å²) < 4.78 is 0. The molecule has 1 N–H and O–H groups in total. The molecule has 1 aliphatic heterocycles. The van der Waals surface area contributed by atoms with E-state index in [4.69, 9.17) is 0 Å². The third-order valence-electron chi connectivity index (χ3n) is 2.62. The molecule has 0 radical (unpaired) electrons. The first kappa shape index (κ1) is 9.52. The van der Waals surface area contributed by atoms with Crippen LogP contribution in [-0.2, 0) is 4.79 Å². The molecule has 12 heavy (non-hydrogen) atoms. The third-order valence-corrected chi connectivity index (χ3v) is 2.62. The summed E-state index contributed by atoms with van der Waals surface area (Å²) in [6.45, 7) is 6.93. The fourth-order valence-electron chi connectivity index (χ4n) is 1.61. The van der Waals surface area contributed by atoms with Crippen LogP contribution in [0, 0.1) is 5.41 Å². The second kappa shape index (κ2) is 3.05. The zero-order chi connectivity index (χ0) is 9.35. The highest BCUT2D eigenvalue weighted by molar-refractivity contribution is 5.73. The van der Waals surface area contributed by atoms with Crippen LogP contribution in [0.15, 0.2) is 0 Å². The predicted molar refractivity (Wildman–Crippen MR) is 46.7 cm³/mol. The van der Waals surface area contributed by atoms with Crippen molar-refractivity contribution in [2.75, 3.05) is 13.1 Å². The van der Waals surface area contributed by atoms with E-state index >= 15 is 0 Å². The van der Waals surface area contributed by atoms with Crippen molar-refractivity contribution in [1.82, 2.24) is 4.90 Å². The van der Waals surface area contributed by atoms with E-state index in [0.717, 1.165) is 0 Å². The van der Waals surface area contributed by atoms with E-state index in [0.29, 0.717) is 19.5 Å². The zero-order valence-electron chi connectivity index (χ0n) is 8.00. The number of nitrogens with zero attached hydrogens (tertiary/aromatic N) is 1. The third kappa shape index (κ3) is 1.78. The van der Waals surface area contributed by atoms with Gasteiger partial charge in [0.05, 0.1) is 6.10 Å². The second-order valence-electron chi connectivity index (χ2n) is 4.23. The van der Waals surface area contributed by atoms with E-state index in [2.05, 4.69) is 0 Å². The zero-order valence-corrected chi connectivity index (χ0v) is 8.00. The van der Waals surface area contributed by atoms with Gasteiger partial charge in [0.25, 0.3) is 0 Å². The maximum atomic E-state index is 11.0. The van der Waals surface area contributed by atoms with Crippen molar-refractivity contribution in [3.63, 3.8) is 0 Å². The lowest BCUT2D eigenvalue weighted by Crippen LogP contribution is -2.50. The van der Waals surface area contributed by atoms with Crippen LogP contribution in [0.2, 0.25) is 0 Å². The Morgan fingerprint density at radius 1 is 1.58 bits per heavy atom. The summed E-state index contributed by atoms with van der Waals surface area (Å²) in [6.07, 6.45) is 0.431. The fraction of sp³-hybridized carbons (Fsp3) is 0.889. The van der Waals surface area contributed by atoms with E-state index < -0.39 is 0 Å². The molecule has 1 unspecified atom stereocenters. The smallest absolute Gasteiger partial charge is 0.219 e. The molecule has 1 atom stereocenters. The number of aliphatic hydroxyl groups excluding tert-OH is 1. The highest BCUT2D eigenvalue weighted by atomic mass is 16.3. The fourth-order valence-corrected chi connectivity index (χ4v) is 1.61. The molecule has 0 aromatic rings. The number of piperidine rings is 1. The number of hydrogen-bond acceptors (Lipinski definition) is 2. The average Bonchev–Trinajstić information content (AvgIpc) is 1.94. The lowest BCUT2D eigenvalue weighted by atomic mass is 9.81. The summed E-state index contributed by atoms with van der Waals surface area (Å²) in [5.74, 6) is 0.106. The van der Waals surface area contributed by atoms with Gasteiger partial charge in [-0.2, -0.15) is 0 Å². The first-order valence-corrected chi connectivity index (χ1v) is 4.37. The van der Waals surface area contributed by atoms with E-state index in [-0.39, 0.29) is 17.4 Å². The maximum Gasteiger partial charge on any atom is 0.219 e. The van der Waals surface area contributed by atoms with Crippen molar-refractivity contribution in [1.29, 1.82) is 0 Å². The van der Waals surface area contributed by atoms with Crippen molar-refractivity contribution in [3.8, 4) is 0 Å². The van der Waals surface area contributed by atoms with Gasteiger partial charge in [0.2, 0.25) is 5.91 Å². The van der Waals surface area contributed by atoms with Crippen LogP contribution in [0.1, 0.15) is 27.2 Å². The van der Waals surface area contributed by atoms with Crippen LogP contribution in [-0.4, -0.2) is 35.1 Å². The molecule has 0 aromatic heterocycles. The summed E-state index contributed by atoms with van der Waals surface area (Å²) in [4.78, 5) is 12.8. The number of carbonyl (C=O) groups excluding carboxylic acids is 1. The molecule has 0 aliphatic carbocycles. The van der Waals surface area contributed by atoms with Crippen molar-refractivity contribution in [2.45, 2.75) is 33.3 Å². The van der Waals surface area contributed by atoms with E-state index in [1.807, 2.05) is 13.8 Å². The molecule has 1 saturated heterocycles. The largest absolute Gasteiger partial charge is 0.392 e. The van der Waals surface area contributed by atoms with Crippen molar-refractivity contribution >= 4 is 5.91 Å². The molecule has 1 heterocycles. The van der Waals surface area contributed by atoms with Crippen molar-refractivity contribution in [2.24, 2.45) is 5.41 Å². The first-order chi connectivity index (χ1) is 5.43. The summed E-state index contributed by atoms with van der Waals surface area (Å²) >= 11 is 0. The van der Waals surface area contributed by atoms with Crippen LogP contribution < -0.4 is 0 Å². The summed E-state index contributed by atoms with van der Waals surface area (Å²) in [6, 6.07) is 0. The van der Waals surface area contributed by atoms with Gasteiger partial charge in [-0.15, -0.1) is 0 Å². The van der Waals surface area contributed by atoms with Crippen molar-refractivity contribution in [3.05, 3.63) is 0 Å². The minimum atomic E-state index is -0.270. The Balaban J connectivity index is 2.63. The average molecular weight is 171 g/mol. The number of aliphatic hydroxyl groups is 1. The maximum absolute atomic E-state index is 11.0. The molecular weight excluding hydrogens is 154 g/mol. The lowest BCUT2D eigenvalue weighted by molar-refractivity contribution is -0.135. The molecule has 1 rings (SSSR count). The molecule has 0 bridgehead atoms. The monoisotopic (exact) mass is 171 g/mol. The van der Waals surface area contributed by atoms with Crippen LogP contribution in [0.3, 0.4) is 0 Å². The number of carbonyl (C=O) groups is 1. The molecule has 3 heteroatoms. The molecule has 1 fully saturated rings. The minimum absolute atomic E-state index is 0.106. The highest BCUT2D eigenvalue weighted by Crippen LogP contribution is 2.28. The van der Waals surface area contributed by atoms with Gasteiger partial charge in [-0.25, -0.2) is 0 Å². The quantitative estimate of drug-likeness (QED) is 0.580. The topological polar surface area (TPSA) is 40.5 Å². The number of hydrogen-bond donors (Lipinski definition) is 1. The van der Waals surface area contributed by atoms with Crippen LogP contribution in [0.5, 0.6) is 0 Å². The van der Waals surface area contributed by atoms with Crippen LogP contribution in [0.25, 0.3) is 0 Å². The molecule has 1 amide bonds. The Hall–Kier alpha value is -0.570. The standard InChI is InChI=1S/C9H17NO2/c1-7(11)10-5-4-8(12)9(2,3)6-10/h8,12H,4-6H2,1-3H3. The van der Waals surface area contributed by atoms with Gasteiger partial charge in [-0.05, 0) is 6.42 Å². The van der Waals surface area contributed by atoms with E-state index in [1.165, 1.54) is 0 Å². The number of amides is 1. The normalized spacial score (nSPS) is 28.7. The van der Waals surface area contributed by atoms with Gasteiger partial charge < -0.3 is 10.0 Å². The van der Waals surface area contributed by atoms with E-state index in [1.54, 1.807) is 11.8 Å². The van der Waals surface area contributed by atoms with Gasteiger partial charge in [0.1, 0.15) is 0 Å². The molecule has 0 aromatic carbocycles. The molecule has 0 spiro atoms. The Bertz CT molecular complexity index is 189. The van der Waals surface area contributed by atoms with Crippen molar-refractivity contribution < 1.29 is 9.90 Å². The molecular formula is C9H17NO2. The van der Waals surface area contributed by atoms with Gasteiger partial charge in [0.15, 0.2) is 0 Å². The van der Waals surface area contributed by atoms with E-state index in [9.17, 15) is 9.90 Å². The van der Waals surface area contributed by atoms with Gasteiger partial charge in [0, 0.05) is 25.4 Å². The first-order valence-electron chi connectivity index (χ1n) is 4.37. The Kier molecular flexibility index (Phi) is 2.42.